The molecule has 60 heavy (non-hydrogen) atoms. The van der Waals surface area contributed by atoms with Crippen LogP contribution < -0.4 is 0 Å². The lowest BCUT2D eigenvalue weighted by Gasteiger charge is -2.18. The van der Waals surface area contributed by atoms with Crippen molar-refractivity contribution in [2.24, 2.45) is 0 Å². The molecule has 0 aromatic heterocycles. The van der Waals surface area contributed by atoms with E-state index in [9.17, 15) is 9.59 Å². The van der Waals surface area contributed by atoms with E-state index >= 15 is 0 Å². The summed E-state index contributed by atoms with van der Waals surface area (Å²) >= 11 is 0. The Kier molecular flexibility index (Phi) is 48.4. The first-order valence-electron chi connectivity index (χ1n) is 25.5. The predicted octanol–water partition coefficient (Wildman–Crippen LogP) is 17.1. The van der Waals surface area contributed by atoms with E-state index in [-0.39, 0.29) is 25.2 Å². The van der Waals surface area contributed by atoms with Gasteiger partial charge in [0.2, 0.25) is 0 Å². The first-order chi connectivity index (χ1) is 29.6. The van der Waals surface area contributed by atoms with Gasteiger partial charge in [-0.1, -0.05) is 209 Å². The third-order valence-electron chi connectivity index (χ3n) is 10.7. The summed E-state index contributed by atoms with van der Waals surface area (Å²) in [7, 11) is 0. The van der Waals surface area contributed by atoms with Crippen molar-refractivity contribution in [1.29, 1.82) is 0 Å². The Labute approximate surface area is 372 Å². The van der Waals surface area contributed by atoms with Crippen LogP contribution in [0.15, 0.2) is 72.9 Å². The molecule has 346 valence electrons. The van der Waals surface area contributed by atoms with Crippen LogP contribution in [0, 0.1) is 0 Å². The number of unbranched alkanes of at least 4 members (excludes halogenated alkanes) is 23. The lowest BCUT2D eigenvalue weighted by molar-refractivity contribution is -0.163. The molecule has 0 bridgehead atoms. The Balaban J connectivity index is 4.30. The normalized spacial score (nSPS) is 12.8. The summed E-state index contributed by atoms with van der Waals surface area (Å²) in [5.74, 6) is -0.435. The van der Waals surface area contributed by atoms with Crippen LogP contribution in [-0.4, -0.2) is 37.9 Å². The zero-order valence-electron chi connectivity index (χ0n) is 39.7. The molecule has 0 heterocycles. The van der Waals surface area contributed by atoms with Crippen molar-refractivity contribution in [3.8, 4) is 0 Å². The van der Waals surface area contributed by atoms with E-state index in [0.29, 0.717) is 19.4 Å². The largest absolute Gasteiger partial charge is 0.462 e. The molecule has 0 aromatic rings. The monoisotopic (exact) mass is 837 g/mol. The van der Waals surface area contributed by atoms with E-state index in [4.69, 9.17) is 14.2 Å². The average Bonchev–Trinajstić information content (AvgIpc) is 3.25. The lowest BCUT2D eigenvalue weighted by atomic mass is 10.1. The standard InChI is InChI=1S/C55H96O5/c1-4-7-10-13-16-19-22-24-26-27-28-29-30-31-34-36-39-42-45-48-54(56)59-52-53(60-55(57)49-46-43-40-37-33-21-18-15-12-9-6-3)51-58-50-47-44-41-38-35-32-25-23-20-17-14-11-8-5-2/h7,10,16,19-20,23-24,26,28-29,31,34,53H,4-6,8-9,11-15,17-18,21-22,25,27,30,32-33,35-52H2,1-3H3/b10-7-,19-16-,23-20-,26-24-,29-28-,34-31-. The van der Waals surface area contributed by atoms with Gasteiger partial charge in [0.25, 0.3) is 0 Å². The van der Waals surface area contributed by atoms with Gasteiger partial charge in [0.1, 0.15) is 6.61 Å². The number of esters is 2. The summed E-state index contributed by atoms with van der Waals surface area (Å²) in [5.41, 5.74) is 0. The second kappa shape index (κ2) is 50.7. The summed E-state index contributed by atoms with van der Waals surface area (Å²) in [4.78, 5) is 25.3. The van der Waals surface area contributed by atoms with Crippen LogP contribution in [0.3, 0.4) is 0 Å². The number of carbonyl (C=O) groups excluding carboxylic acids is 2. The van der Waals surface area contributed by atoms with Crippen molar-refractivity contribution in [2.75, 3.05) is 19.8 Å². The molecule has 0 N–H and O–H groups in total. The van der Waals surface area contributed by atoms with Crippen molar-refractivity contribution in [3.05, 3.63) is 72.9 Å². The lowest BCUT2D eigenvalue weighted by Crippen LogP contribution is -2.30. The summed E-state index contributed by atoms with van der Waals surface area (Å²) < 4.78 is 17.4. The highest BCUT2D eigenvalue weighted by Gasteiger charge is 2.17. The quantitative estimate of drug-likeness (QED) is 0.0347. The van der Waals surface area contributed by atoms with Gasteiger partial charge in [-0.05, 0) is 89.9 Å². The number of hydrogen-bond acceptors (Lipinski definition) is 5. The van der Waals surface area contributed by atoms with Gasteiger partial charge in [-0.25, -0.2) is 0 Å². The van der Waals surface area contributed by atoms with Crippen LogP contribution in [0.2, 0.25) is 0 Å². The third kappa shape index (κ3) is 48.0. The van der Waals surface area contributed by atoms with Crippen LogP contribution in [0.4, 0.5) is 0 Å². The molecule has 0 aromatic carbocycles. The summed E-state index contributed by atoms with van der Waals surface area (Å²) in [5, 5.41) is 0. The first-order valence-corrected chi connectivity index (χ1v) is 25.5. The fraction of sp³-hybridized carbons (Fsp3) is 0.745. The van der Waals surface area contributed by atoms with E-state index in [2.05, 4.69) is 93.7 Å². The molecule has 0 saturated heterocycles. The summed E-state index contributed by atoms with van der Waals surface area (Å²) in [6, 6.07) is 0. The second-order valence-corrected chi connectivity index (χ2v) is 16.7. The van der Waals surface area contributed by atoms with E-state index < -0.39 is 6.10 Å². The Hall–Kier alpha value is -2.66. The smallest absolute Gasteiger partial charge is 0.306 e. The first kappa shape index (κ1) is 57.3. The van der Waals surface area contributed by atoms with Crippen LogP contribution >= 0.6 is 0 Å². The summed E-state index contributed by atoms with van der Waals surface area (Å²) in [6.07, 6.45) is 64.8. The van der Waals surface area contributed by atoms with E-state index in [0.717, 1.165) is 83.5 Å². The van der Waals surface area contributed by atoms with Crippen molar-refractivity contribution < 1.29 is 23.8 Å². The topological polar surface area (TPSA) is 61.8 Å². The molecule has 0 saturated carbocycles. The molecule has 0 spiro atoms. The zero-order valence-corrected chi connectivity index (χ0v) is 39.7. The van der Waals surface area contributed by atoms with Crippen molar-refractivity contribution in [1.82, 2.24) is 0 Å². The molecular formula is C55H96O5. The molecule has 0 rings (SSSR count). The number of hydrogen-bond donors (Lipinski definition) is 0. The van der Waals surface area contributed by atoms with E-state index in [1.54, 1.807) is 0 Å². The maximum absolute atomic E-state index is 12.8. The minimum atomic E-state index is -0.552. The Morgan fingerprint density at radius 3 is 1.25 bits per heavy atom. The molecule has 0 aliphatic carbocycles. The Morgan fingerprint density at radius 2 is 0.750 bits per heavy atom. The van der Waals surface area contributed by atoms with Gasteiger partial charge < -0.3 is 14.2 Å². The molecule has 1 atom stereocenters. The highest BCUT2D eigenvalue weighted by atomic mass is 16.6. The molecule has 0 radical (unpaired) electrons. The predicted molar refractivity (Wildman–Crippen MR) is 260 cm³/mol. The minimum Gasteiger partial charge on any atom is -0.462 e. The Morgan fingerprint density at radius 1 is 0.383 bits per heavy atom. The number of carbonyl (C=O) groups is 2. The zero-order chi connectivity index (χ0) is 43.5. The molecule has 1 unspecified atom stereocenters. The van der Waals surface area contributed by atoms with Gasteiger partial charge in [-0.3, -0.25) is 9.59 Å². The van der Waals surface area contributed by atoms with Crippen LogP contribution in [0.25, 0.3) is 0 Å². The SMILES string of the molecule is CC/C=C\C/C=C\C/C=C\C/C=C\C/C=C\CCCCCC(=O)OCC(COCCCCCCCC/C=C\CCCCCC)OC(=O)CCCCCCCCCCCCC. The van der Waals surface area contributed by atoms with Gasteiger partial charge in [0, 0.05) is 19.4 Å². The highest BCUT2D eigenvalue weighted by molar-refractivity contribution is 5.70. The van der Waals surface area contributed by atoms with Gasteiger partial charge in [0.15, 0.2) is 6.10 Å². The molecule has 5 heteroatoms. The minimum absolute atomic E-state index is 0.0655. The fourth-order valence-electron chi connectivity index (χ4n) is 6.94. The average molecular weight is 837 g/mol. The van der Waals surface area contributed by atoms with Gasteiger partial charge >= 0.3 is 11.9 Å². The van der Waals surface area contributed by atoms with E-state index in [1.165, 1.54) is 122 Å². The van der Waals surface area contributed by atoms with Crippen molar-refractivity contribution in [2.45, 2.75) is 245 Å². The van der Waals surface area contributed by atoms with Crippen LogP contribution in [0.1, 0.15) is 239 Å². The number of allylic oxidation sites excluding steroid dienone is 12. The molecule has 0 amide bonds. The van der Waals surface area contributed by atoms with Crippen LogP contribution in [-0.2, 0) is 23.8 Å². The van der Waals surface area contributed by atoms with Gasteiger partial charge in [-0.2, -0.15) is 0 Å². The number of ether oxygens (including phenoxy) is 3. The van der Waals surface area contributed by atoms with Crippen LogP contribution in [0.5, 0.6) is 0 Å². The summed E-state index contributed by atoms with van der Waals surface area (Å²) in [6.45, 7) is 7.66. The van der Waals surface area contributed by atoms with Gasteiger partial charge in [0.05, 0.1) is 6.61 Å². The number of rotatable bonds is 46. The third-order valence-corrected chi connectivity index (χ3v) is 10.7. The molecule has 0 fully saturated rings. The molecule has 0 aliphatic rings. The second-order valence-electron chi connectivity index (χ2n) is 16.7. The maximum atomic E-state index is 12.8. The Bertz CT molecular complexity index is 1080. The fourth-order valence-corrected chi connectivity index (χ4v) is 6.94. The molecule has 5 nitrogen and oxygen atoms in total. The van der Waals surface area contributed by atoms with E-state index in [1.807, 2.05) is 0 Å². The maximum Gasteiger partial charge on any atom is 0.306 e. The molecule has 0 aliphatic heterocycles. The molecular weight excluding hydrogens is 741 g/mol. The highest BCUT2D eigenvalue weighted by Crippen LogP contribution is 2.14. The van der Waals surface area contributed by atoms with Crippen molar-refractivity contribution >= 4 is 11.9 Å². The van der Waals surface area contributed by atoms with Gasteiger partial charge in [-0.15, -0.1) is 0 Å². The van der Waals surface area contributed by atoms with Crippen molar-refractivity contribution in [3.63, 3.8) is 0 Å².